The highest BCUT2D eigenvalue weighted by atomic mass is 31.2. The molecule has 10 heteroatoms. The molecule has 2 unspecified atom stereocenters. The fraction of sp³-hybridized carbons (Fsp3) is 0.849. The van der Waals surface area contributed by atoms with E-state index in [4.69, 9.17) is 18.5 Å². The van der Waals surface area contributed by atoms with E-state index in [-0.39, 0.29) is 32.0 Å². The Kier molecular flexibility index (Phi) is 44.1. The first-order valence-corrected chi connectivity index (χ1v) is 27.7. The molecule has 0 aliphatic carbocycles. The van der Waals surface area contributed by atoms with E-state index in [9.17, 15) is 19.0 Å². The minimum Gasteiger partial charge on any atom is -0.462 e. The summed E-state index contributed by atoms with van der Waals surface area (Å²) < 4.78 is 34.5. The molecule has 0 aromatic heterocycles. The Labute approximate surface area is 389 Å². The molecule has 9 nitrogen and oxygen atoms in total. The summed E-state index contributed by atoms with van der Waals surface area (Å²) in [7, 11) is 1.47. The lowest BCUT2D eigenvalue weighted by molar-refractivity contribution is -0.870. The van der Waals surface area contributed by atoms with Gasteiger partial charge in [-0.25, -0.2) is 4.57 Å². The zero-order valence-corrected chi connectivity index (χ0v) is 42.7. The highest BCUT2D eigenvalue weighted by Crippen LogP contribution is 2.43. The van der Waals surface area contributed by atoms with Gasteiger partial charge in [0.2, 0.25) is 0 Å². The van der Waals surface area contributed by atoms with Gasteiger partial charge in [0.15, 0.2) is 6.10 Å². The topological polar surface area (TPSA) is 108 Å². The molecular weight excluding hydrogens is 810 g/mol. The average Bonchev–Trinajstić information content (AvgIpc) is 3.24. The molecule has 0 radical (unpaired) electrons. The Morgan fingerprint density at radius 3 is 1.27 bits per heavy atom. The molecule has 0 aromatic carbocycles. The number of ether oxygens (including phenoxy) is 2. The van der Waals surface area contributed by atoms with Crippen molar-refractivity contribution in [3.05, 3.63) is 36.5 Å². The smallest absolute Gasteiger partial charge is 0.462 e. The molecular formula is C53H101NO8P+. The maximum atomic E-state index is 12.8. The molecule has 0 aromatic rings. The van der Waals surface area contributed by atoms with Gasteiger partial charge in [0.05, 0.1) is 27.7 Å². The zero-order valence-electron chi connectivity index (χ0n) is 41.8. The van der Waals surface area contributed by atoms with Gasteiger partial charge in [-0.05, 0) is 51.4 Å². The molecule has 370 valence electrons. The summed E-state index contributed by atoms with van der Waals surface area (Å²) in [5.41, 5.74) is 0. The fourth-order valence-electron chi connectivity index (χ4n) is 7.32. The Balaban J connectivity index is 4.26. The molecule has 1 N–H and O–H groups in total. The Bertz CT molecular complexity index is 1170. The average molecular weight is 911 g/mol. The van der Waals surface area contributed by atoms with E-state index in [1.54, 1.807) is 0 Å². The van der Waals surface area contributed by atoms with Crippen LogP contribution < -0.4 is 0 Å². The van der Waals surface area contributed by atoms with Crippen LogP contribution in [0.5, 0.6) is 0 Å². The fourth-order valence-corrected chi connectivity index (χ4v) is 8.06. The van der Waals surface area contributed by atoms with Crippen molar-refractivity contribution < 1.29 is 42.1 Å². The molecule has 0 saturated heterocycles. The third kappa shape index (κ3) is 49.5. The van der Waals surface area contributed by atoms with Crippen molar-refractivity contribution in [1.29, 1.82) is 0 Å². The lowest BCUT2D eigenvalue weighted by atomic mass is 10.0. The van der Waals surface area contributed by atoms with E-state index in [2.05, 4.69) is 50.3 Å². The second-order valence-electron chi connectivity index (χ2n) is 18.9. The Hall–Kier alpha value is -1.77. The molecule has 0 amide bonds. The van der Waals surface area contributed by atoms with Crippen molar-refractivity contribution in [3.63, 3.8) is 0 Å². The first-order chi connectivity index (χ1) is 30.5. The molecule has 0 rings (SSSR count). The third-order valence-corrected chi connectivity index (χ3v) is 12.4. The number of hydrogen-bond donors (Lipinski definition) is 1. The van der Waals surface area contributed by atoms with Gasteiger partial charge in [-0.1, -0.05) is 211 Å². The number of phosphoric acid groups is 1. The summed E-state index contributed by atoms with van der Waals surface area (Å²) in [6.07, 6.45) is 53.3. The highest BCUT2D eigenvalue weighted by Gasteiger charge is 2.27. The number of carbonyl (C=O) groups excluding carboxylic acids is 2. The van der Waals surface area contributed by atoms with Crippen LogP contribution in [0.25, 0.3) is 0 Å². The normalized spacial score (nSPS) is 13.7. The van der Waals surface area contributed by atoms with Crippen LogP contribution in [0.1, 0.15) is 239 Å². The van der Waals surface area contributed by atoms with Gasteiger partial charge in [0, 0.05) is 12.8 Å². The number of esters is 2. The first kappa shape index (κ1) is 61.2. The van der Waals surface area contributed by atoms with Gasteiger partial charge in [-0.2, -0.15) is 0 Å². The van der Waals surface area contributed by atoms with Gasteiger partial charge in [-0.15, -0.1) is 0 Å². The zero-order chi connectivity index (χ0) is 46.4. The molecule has 0 fully saturated rings. The van der Waals surface area contributed by atoms with Crippen molar-refractivity contribution >= 4 is 19.8 Å². The molecule has 2 atom stereocenters. The minimum absolute atomic E-state index is 0.0298. The standard InChI is InChI=1S/C53H100NO8P/c1-6-8-10-12-14-16-18-20-22-24-26-27-28-30-32-34-36-38-40-42-44-46-53(56)62-51(50-61-63(57,58)60-48-47-54(3,4)5)49-59-52(55)45-43-41-39-37-35-33-31-29-25-23-21-19-17-15-13-11-9-7-2/h18,20,24,26,28,30,51H,6-17,19,21-23,25,27,29,31-50H2,1-5H3/p+1/b20-18-,26-24-,30-28-. The van der Waals surface area contributed by atoms with Gasteiger partial charge >= 0.3 is 19.8 Å². The van der Waals surface area contributed by atoms with Crippen LogP contribution in [0.4, 0.5) is 0 Å². The van der Waals surface area contributed by atoms with Crippen LogP contribution in [0.3, 0.4) is 0 Å². The summed E-state index contributed by atoms with van der Waals surface area (Å²) in [4.78, 5) is 35.6. The molecule has 0 spiro atoms. The maximum Gasteiger partial charge on any atom is 0.472 e. The lowest BCUT2D eigenvalue weighted by Gasteiger charge is -2.24. The second-order valence-corrected chi connectivity index (χ2v) is 20.4. The second kappa shape index (κ2) is 45.4. The number of nitrogens with zero attached hydrogens (tertiary/aromatic N) is 1. The number of phosphoric ester groups is 1. The van der Waals surface area contributed by atoms with E-state index in [1.165, 1.54) is 135 Å². The van der Waals surface area contributed by atoms with Gasteiger partial charge in [0.25, 0.3) is 0 Å². The summed E-state index contributed by atoms with van der Waals surface area (Å²) in [6.45, 7) is 4.43. The van der Waals surface area contributed by atoms with E-state index in [0.29, 0.717) is 17.4 Å². The number of likely N-dealkylation sites (N-methyl/N-ethyl adjacent to an activating group) is 1. The van der Waals surface area contributed by atoms with Crippen molar-refractivity contribution in [2.45, 2.75) is 245 Å². The summed E-state index contributed by atoms with van der Waals surface area (Å²) in [5, 5.41) is 0. The van der Waals surface area contributed by atoms with Crippen molar-refractivity contribution in [1.82, 2.24) is 0 Å². The summed E-state index contributed by atoms with van der Waals surface area (Å²) in [6, 6.07) is 0. The van der Waals surface area contributed by atoms with Crippen LogP contribution in [0.2, 0.25) is 0 Å². The monoisotopic (exact) mass is 911 g/mol. The SMILES string of the molecule is CCCCCCC/C=C\C/C=C\C/C=C\CCCCCCCCC(=O)OC(COC(=O)CCCCCCCCCCCCCCCCCCCC)COP(=O)(O)OCC[N+](C)(C)C. The van der Waals surface area contributed by atoms with Crippen LogP contribution in [-0.4, -0.2) is 74.9 Å². The highest BCUT2D eigenvalue weighted by molar-refractivity contribution is 7.47. The number of quaternary nitrogens is 1. The predicted molar refractivity (Wildman–Crippen MR) is 266 cm³/mol. The largest absolute Gasteiger partial charge is 0.472 e. The molecule has 0 saturated carbocycles. The molecule has 63 heavy (non-hydrogen) atoms. The Morgan fingerprint density at radius 2 is 0.857 bits per heavy atom. The van der Waals surface area contributed by atoms with Crippen LogP contribution in [0, 0.1) is 0 Å². The minimum atomic E-state index is -4.38. The molecule has 0 aliphatic heterocycles. The Morgan fingerprint density at radius 1 is 0.492 bits per heavy atom. The first-order valence-electron chi connectivity index (χ1n) is 26.2. The maximum absolute atomic E-state index is 12.8. The van der Waals surface area contributed by atoms with Gasteiger partial charge in [0.1, 0.15) is 19.8 Å². The van der Waals surface area contributed by atoms with Crippen LogP contribution in [0.15, 0.2) is 36.5 Å². The van der Waals surface area contributed by atoms with Crippen LogP contribution in [-0.2, 0) is 32.7 Å². The van der Waals surface area contributed by atoms with Crippen LogP contribution >= 0.6 is 7.82 Å². The van der Waals surface area contributed by atoms with Crippen molar-refractivity contribution in [2.24, 2.45) is 0 Å². The molecule has 0 heterocycles. The number of allylic oxidation sites excluding steroid dienone is 6. The number of hydrogen-bond acceptors (Lipinski definition) is 7. The predicted octanol–water partition coefficient (Wildman–Crippen LogP) is 15.6. The van der Waals surface area contributed by atoms with Crippen molar-refractivity contribution in [3.8, 4) is 0 Å². The van der Waals surface area contributed by atoms with Gasteiger partial charge < -0.3 is 18.9 Å². The number of carbonyl (C=O) groups is 2. The molecule has 0 aliphatic rings. The summed E-state index contributed by atoms with van der Waals surface area (Å²) >= 11 is 0. The van der Waals surface area contributed by atoms with E-state index < -0.39 is 26.5 Å². The van der Waals surface area contributed by atoms with E-state index >= 15 is 0 Å². The lowest BCUT2D eigenvalue weighted by Crippen LogP contribution is -2.37. The number of unbranched alkanes of at least 4 members (excludes halogenated alkanes) is 28. The van der Waals surface area contributed by atoms with Crippen molar-refractivity contribution in [2.75, 3.05) is 47.5 Å². The third-order valence-electron chi connectivity index (χ3n) is 11.4. The number of rotatable bonds is 48. The van der Waals surface area contributed by atoms with Gasteiger partial charge in [-0.3, -0.25) is 18.6 Å². The summed E-state index contributed by atoms with van der Waals surface area (Å²) in [5.74, 6) is -0.803. The quantitative estimate of drug-likeness (QED) is 0.0211. The van der Waals surface area contributed by atoms with E-state index in [0.717, 1.165) is 70.6 Å². The molecule has 0 bridgehead atoms. The van der Waals surface area contributed by atoms with E-state index in [1.807, 2.05) is 21.1 Å².